The van der Waals surface area contributed by atoms with E-state index in [0.717, 1.165) is 22.3 Å². The number of amides is 2. The lowest BCUT2D eigenvalue weighted by Crippen LogP contribution is -2.55. The monoisotopic (exact) mass is 490 g/mol. The highest BCUT2D eigenvalue weighted by Crippen LogP contribution is 2.19. The van der Waals surface area contributed by atoms with Crippen LogP contribution < -0.4 is 10.1 Å². The Balaban J connectivity index is 1.93. The summed E-state index contributed by atoms with van der Waals surface area (Å²) in [6.45, 7) is 9.56. The average Bonchev–Trinajstić information content (AvgIpc) is 2.80. The summed E-state index contributed by atoms with van der Waals surface area (Å²) < 4.78 is 19.4. The van der Waals surface area contributed by atoms with E-state index in [9.17, 15) is 14.0 Å². The van der Waals surface area contributed by atoms with E-state index in [-0.39, 0.29) is 30.8 Å². The van der Waals surface area contributed by atoms with Crippen molar-refractivity contribution in [1.29, 1.82) is 0 Å². The smallest absolute Gasteiger partial charge is 0.261 e. The van der Waals surface area contributed by atoms with Crippen LogP contribution in [-0.4, -0.2) is 34.9 Å². The molecule has 0 fully saturated rings. The Morgan fingerprint density at radius 2 is 1.53 bits per heavy atom. The number of nitrogens with zero attached hydrogens (tertiary/aromatic N) is 1. The van der Waals surface area contributed by atoms with Crippen molar-refractivity contribution < 1.29 is 18.7 Å². The fourth-order valence-corrected chi connectivity index (χ4v) is 4.04. The zero-order valence-electron chi connectivity index (χ0n) is 21.7. The van der Waals surface area contributed by atoms with Gasteiger partial charge in [-0.15, -0.1) is 0 Å². The summed E-state index contributed by atoms with van der Waals surface area (Å²) in [6.07, 6.45) is 0.333. The van der Waals surface area contributed by atoms with Crippen LogP contribution in [0.1, 0.15) is 43.0 Å². The van der Waals surface area contributed by atoms with Crippen molar-refractivity contribution in [2.75, 3.05) is 6.61 Å². The van der Waals surface area contributed by atoms with Gasteiger partial charge in [0.25, 0.3) is 5.91 Å². The predicted octanol–water partition coefficient (Wildman–Crippen LogP) is 5.38. The highest BCUT2D eigenvalue weighted by Gasteiger charge is 2.32. The molecule has 0 bridgehead atoms. The maximum Gasteiger partial charge on any atom is 0.261 e. The summed E-state index contributed by atoms with van der Waals surface area (Å²) in [5, 5.41) is 3.02. The van der Waals surface area contributed by atoms with E-state index in [1.165, 1.54) is 17.0 Å². The molecule has 0 aliphatic heterocycles. The lowest BCUT2D eigenvalue weighted by molar-refractivity contribution is -0.143. The van der Waals surface area contributed by atoms with Crippen LogP contribution >= 0.6 is 0 Å². The summed E-state index contributed by atoms with van der Waals surface area (Å²) in [5.41, 5.74) is 3.24. The molecule has 0 unspecified atom stereocenters. The number of carbonyl (C=O) groups excluding carboxylic acids is 2. The van der Waals surface area contributed by atoms with Gasteiger partial charge >= 0.3 is 0 Å². The summed E-state index contributed by atoms with van der Waals surface area (Å²) in [4.78, 5) is 28.6. The van der Waals surface area contributed by atoms with Gasteiger partial charge in [-0.25, -0.2) is 4.39 Å². The molecule has 36 heavy (non-hydrogen) atoms. The van der Waals surface area contributed by atoms with E-state index in [4.69, 9.17) is 4.74 Å². The maximum absolute atomic E-state index is 13.6. The van der Waals surface area contributed by atoms with E-state index >= 15 is 0 Å². The molecular formula is C30H35FN2O3. The number of nitrogens with one attached hydrogen (secondary N) is 1. The first-order chi connectivity index (χ1) is 17.0. The Bertz CT molecular complexity index is 1150. The molecule has 1 N–H and O–H groups in total. The minimum Gasteiger partial charge on any atom is -0.484 e. The number of benzene rings is 3. The van der Waals surface area contributed by atoms with Crippen molar-refractivity contribution in [3.63, 3.8) is 0 Å². The summed E-state index contributed by atoms with van der Waals surface area (Å²) in [6, 6.07) is 20.5. The second-order valence-electron chi connectivity index (χ2n) is 10.2. The number of ether oxygens (including phenoxy) is 1. The average molecular weight is 491 g/mol. The third-order valence-corrected chi connectivity index (χ3v) is 5.59. The highest BCUT2D eigenvalue weighted by molar-refractivity contribution is 5.89. The van der Waals surface area contributed by atoms with Crippen molar-refractivity contribution in [2.24, 2.45) is 0 Å². The first kappa shape index (κ1) is 26.9. The molecule has 3 aromatic carbocycles. The molecule has 190 valence electrons. The summed E-state index contributed by atoms with van der Waals surface area (Å²) in [5.74, 6) is -0.348. The van der Waals surface area contributed by atoms with Gasteiger partial charge in [-0.05, 0) is 81.1 Å². The molecule has 0 aromatic heterocycles. The van der Waals surface area contributed by atoms with Crippen molar-refractivity contribution in [3.05, 3.63) is 101 Å². The van der Waals surface area contributed by atoms with Gasteiger partial charge in [0.05, 0.1) is 0 Å². The van der Waals surface area contributed by atoms with Gasteiger partial charge < -0.3 is 15.0 Å². The molecule has 0 aliphatic rings. The van der Waals surface area contributed by atoms with Gasteiger partial charge in [-0.2, -0.15) is 0 Å². The zero-order chi connectivity index (χ0) is 26.3. The molecule has 3 rings (SSSR count). The van der Waals surface area contributed by atoms with Crippen LogP contribution in [0, 0.1) is 19.7 Å². The Labute approximate surface area is 213 Å². The van der Waals surface area contributed by atoms with Gasteiger partial charge in [0.2, 0.25) is 5.91 Å². The van der Waals surface area contributed by atoms with E-state index in [1.54, 1.807) is 12.1 Å². The first-order valence-electron chi connectivity index (χ1n) is 12.1. The molecule has 0 radical (unpaired) electrons. The van der Waals surface area contributed by atoms with Crippen molar-refractivity contribution in [3.8, 4) is 5.75 Å². The SMILES string of the molecule is Cc1cc(C)cc(OCC(=O)N(Cc2ccc(F)cc2)[C@H](Cc2ccccc2)C(=O)NC(C)(C)C)c1. The van der Waals surface area contributed by atoms with E-state index in [1.807, 2.05) is 83.1 Å². The van der Waals surface area contributed by atoms with Crippen LogP contribution in [0.4, 0.5) is 4.39 Å². The lowest BCUT2D eigenvalue weighted by atomic mass is 10.0. The standard InChI is InChI=1S/C30H35FN2O3/c1-21-15-22(2)17-26(16-21)36-20-28(34)33(19-24-11-13-25(31)14-12-24)27(29(35)32-30(3,4)5)18-23-9-7-6-8-10-23/h6-17,27H,18-20H2,1-5H3,(H,32,35)/t27-/m1/s1. The van der Waals surface area contributed by atoms with E-state index in [0.29, 0.717) is 12.2 Å². The molecular weight excluding hydrogens is 455 g/mol. The molecule has 1 atom stereocenters. The minimum atomic E-state index is -0.785. The second-order valence-corrected chi connectivity index (χ2v) is 10.2. The normalized spacial score (nSPS) is 12.1. The van der Waals surface area contributed by atoms with E-state index in [2.05, 4.69) is 5.32 Å². The largest absolute Gasteiger partial charge is 0.484 e. The van der Waals surface area contributed by atoms with Crippen LogP contribution in [-0.2, 0) is 22.6 Å². The Kier molecular flexibility index (Phi) is 8.86. The zero-order valence-corrected chi connectivity index (χ0v) is 21.7. The fraction of sp³-hybridized carbons (Fsp3) is 0.333. The van der Waals surface area contributed by atoms with Gasteiger partial charge in [-0.1, -0.05) is 48.5 Å². The number of hydrogen-bond acceptors (Lipinski definition) is 3. The third kappa shape index (κ3) is 8.22. The summed E-state index contributed by atoms with van der Waals surface area (Å²) in [7, 11) is 0. The van der Waals surface area contributed by atoms with Gasteiger partial charge in [0.15, 0.2) is 6.61 Å². The molecule has 6 heteroatoms. The molecule has 5 nitrogen and oxygen atoms in total. The van der Waals surface area contributed by atoms with Gasteiger partial charge in [0, 0.05) is 18.5 Å². The highest BCUT2D eigenvalue weighted by atomic mass is 19.1. The first-order valence-corrected chi connectivity index (χ1v) is 12.1. The number of aryl methyl sites for hydroxylation is 2. The van der Waals surface area contributed by atoms with Gasteiger partial charge in [-0.3, -0.25) is 9.59 Å². The third-order valence-electron chi connectivity index (χ3n) is 5.59. The molecule has 0 saturated carbocycles. The quantitative estimate of drug-likeness (QED) is 0.438. The van der Waals surface area contributed by atoms with Crippen molar-refractivity contribution in [2.45, 2.75) is 59.2 Å². The fourth-order valence-electron chi connectivity index (χ4n) is 4.04. The Morgan fingerprint density at radius 3 is 2.11 bits per heavy atom. The van der Waals surface area contributed by atoms with Gasteiger partial charge in [0.1, 0.15) is 17.6 Å². The number of halogens is 1. The second kappa shape index (κ2) is 11.8. The van der Waals surface area contributed by atoms with Crippen LogP contribution in [0.5, 0.6) is 5.75 Å². The Hall–Kier alpha value is -3.67. The molecule has 0 spiro atoms. The summed E-state index contributed by atoms with van der Waals surface area (Å²) >= 11 is 0. The molecule has 2 amide bonds. The topological polar surface area (TPSA) is 58.6 Å². The number of hydrogen-bond donors (Lipinski definition) is 1. The predicted molar refractivity (Wildman–Crippen MR) is 140 cm³/mol. The van der Waals surface area contributed by atoms with Crippen molar-refractivity contribution >= 4 is 11.8 Å². The number of rotatable bonds is 9. The lowest BCUT2D eigenvalue weighted by Gasteiger charge is -2.33. The van der Waals surface area contributed by atoms with Crippen LogP contribution in [0.2, 0.25) is 0 Å². The van der Waals surface area contributed by atoms with E-state index < -0.39 is 11.6 Å². The maximum atomic E-state index is 13.6. The molecule has 3 aromatic rings. The minimum absolute atomic E-state index is 0.143. The Morgan fingerprint density at radius 1 is 0.917 bits per heavy atom. The number of carbonyl (C=O) groups is 2. The molecule has 0 aliphatic carbocycles. The molecule has 0 saturated heterocycles. The van der Waals surface area contributed by atoms with Crippen molar-refractivity contribution in [1.82, 2.24) is 10.2 Å². The van der Waals surface area contributed by atoms with Crippen LogP contribution in [0.3, 0.4) is 0 Å². The van der Waals surface area contributed by atoms with Crippen LogP contribution in [0.15, 0.2) is 72.8 Å². The molecule has 0 heterocycles. The van der Waals surface area contributed by atoms with Crippen LogP contribution in [0.25, 0.3) is 0 Å².